The molecule has 0 spiro atoms. The molecule has 0 bridgehead atoms. The summed E-state index contributed by atoms with van der Waals surface area (Å²) in [6.07, 6.45) is 1.65. The van der Waals surface area contributed by atoms with Crippen LogP contribution < -0.4 is 9.46 Å². The van der Waals surface area contributed by atoms with E-state index in [2.05, 4.69) is 14.9 Å². The number of methoxy groups -OCH3 is 1. The number of hydrogen-bond donors (Lipinski definition) is 2. The van der Waals surface area contributed by atoms with Crippen LogP contribution in [0, 0.1) is 0 Å². The summed E-state index contributed by atoms with van der Waals surface area (Å²) in [7, 11) is -2.48. The summed E-state index contributed by atoms with van der Waals surface area (Å²) in [5, 5.41) is 7.70. The van der Waals surface area contributed by atoms with Crippen LogP contribution in [-0.2, 0) is 10.0 Å². The summed E-state index contributed by atoms with van der Waals surface area (Å²) >= 11 is 12.0. The van der Waals surface area contributed by atoms with Crippen LogP contribution in [0.2, 0.25) is 10.0 Å². The highest BCUT2D eigenvalue weighted by molar-refractivity contribution is 7.92. The second-order valence-electron chi connectivity index (χ2n) is 4.69. The third-order valence-corrected chi connectivity index (χ3v) is 5.33. The van der Waals surface area contributed by atoms with Crippen molar-refractivity contribution < 1.29 is 13.2 Å². The molecule has 0 aliphatic carbocycles. The number of aromatic nitrogens is 2. The van der Waals surface area contributed by atoms with Crippen molar-refractivity contribution in [1.29, 1.82) is 0 Å². The van der Waals surface area contributed by atoms with Crippen molar-refractivity contribution in [2.24, 2.45) is 0 Å². The average Bonchev–Trinajstić information content (AvgIpc) is 2.96. The summed E-state index contributed by atoms with van der Waals surface area (Å²) in [5.74, 6) is 0.300. The zero-order chi connectivity index (χ0) is 16.6. The molecule has 0 unspecified atom stereocenters. The minimum Gasteiger partial charge on any atom is -0.495 e. The summed E-state index contributed by atoms with van der Waals surface area (Å²) in [5.41, 5.74) is 1.09. The number of hydrogen-bond acceptors (Lipinski definition) is 4. The number of benzene rings is 2. The smallest absolute Gasteiger partial charge is 0.263 e. The van der Waals surface area contributed by atoms with Crippen molar-refractivity contribution >= 4 is 49.8 Å². The van der Waals surface area contributed by atoms with Crippen LogP contribution >= 0.6 is 23.2 Å². The fraction of sp³-hybridized carbons (Fsp3) is 0.0714. The Bertz CT molecular complexity index is 986. The Morgan fingerprint density at radius 3 is 2.70 bits per heavy atom. The maximum atomic E-state index is 12.5. The molecule has 23 heavy (non-hydrogen) atoms. The van der Waals surface area contributed by atoms with Gasteiger partial charge in [-0.1, -0.05) is 23.2 Å². The molecule has 3 rings (SSSR count). The Labute approximate surface area is 142 Å². The first-order valence-corrected chi connectivity index (χ1v) is 8.63. The predicted molar refractivity (Wildman–Crippen MR) is 89.9 cm³/mol. The van der Waals surface area contributed by atoms with E-state index < -0.39 is 10.0 Å². The summed E-state index contributed by atoms with van der Waals surface area (Å²) in [4.78, 5) is -0.130. The van der Waals surface area contributed by atoms with Gasteiger partial charge in [0.05, 0.1) is 34.6 Å². The summed E-state index contributed by atoms with van der Waals surface area (Å²) in [6.45, 7) is 0. The number of fused-ring (bicyclic) bond motifs is 1. The van der Waals surface area contributed by atoms with E-state index in [4.69, 9.17) is 27.9 Å². The average molecular weight is 372 g/mol. The van der Waals surface area contributed by atoms with Gasteiger partial charge in [0.2, 0.25) is 0 Å². The Kier molecular flexibility index (Phi) is 4.09. The van der Waals surface area contributed by atoms with Gasteiger partial charge in [-0.3, -0.25) is 9.82 Å². The van der Waals surface area contributed by atoms with E-state index in [-0.39, 0.29) is 14.9 Å². The number of ether oxygens (including phenoxy) is 1. The molecular weight excluding hydrogens is 361 g/mol. The fourth-order valence-corrected chi connectivity index (χ4v) is 3.98. The fourth-order valence-electron chi connectivity index (χ4n) is 2.08. The minimum absolute atomic E-state index is 0.0152. The standard InChI is InChI=1S/C14H11Cl2N3O3S/c1-22-13-5-11(16)14(6-10(13)15)23(20,21)19-9-3-2-8-7-17-18-12(8)4-9/h2-7,19H,1H3,(H,17,18). The topological polar surface area (TPSA) is 84.1 Å². The highest BCUT2D eigenvalue weighted by Gasteiger charge is 2.21. The van der Waals surface area contributed by atoms with Crippen molar-refractivity contribution in [3.05, 3.63) is 46.6 Å². The van der Waals surface area contributed by atoms with Crippen molar-refractivity contribution in [1.82, 2.24) is 10.2 Å². The zero-order valence-electron chi connectivity index (χ0n) is 11.8. The minimum atomic E-state index is -3.90. The molecule has 6 nitrogen and oxygen atoms in total. The van der Waals surface area contributed by atoms with Gasteiger partial charge >= 0.3 is 0 Å². The van der Waals surface area contributed by atoms with Gasteiger partial charge in [0.1, 0.15) is 10.6 Å². The molecule has 0 radical (unpaired) electrons. The van der Waals surface area contributed by atoms with Crippen molar-refractivity contribution in [3.8, 4) is 5.75 Å². The third-order valence-electron chi connectivity index (χ3n) is 3.19. The molecule has 0 aliphatic rings. The number of anilines is 1. The Morgan fingerprint density at radius 1 is 1.17 bits per heavy atom. The van der Waals surface area contributed by atoms with E-state index in [0.717, 1.165) is 5.39 Å². The van der Waals surface area contributed by atoms with Crippen LogP contribution in [-0.4, -0.2) is 25.7 Å². The molecule has 9 heteroatoms. The van der Waals surface area contributed by atoms with Gasteiger partial charge in [-0.05, 0) is 24.3 Å². The first kappa shape index (κ1) is 15.9. The predicted octanol–water partition coefficient (Wildman–Crippen LogP) is 3.68. The van der Waals surface area contributed by atoms with Crippen LogP contribution in [0.5, 0.6) is 5.75 Å². The Balaban J connectivity index is 1.99. The lowest BCUT2D eigenvalue weighted by molar-refractivity contribution is 0.414. The normalized spacial score (nSPS) is 11.6. The van der Waals surface area contributed by atoms with Gasteiger partial charge in [0.25, 0.3) is 10.0 Å². The van der Waals surface area contributed by atoms with Crippen LogP contribution in [0.15, 0.2) is 41.4 Å². The van der Waals surface area contributed by atoms with E-state index in [1.807, 2.05) is 0 Å². The van der Waals surface area contributed by atoms with Gasteiger partial charge in [0, 0.05) is 11.5 Å². The second-order valence-corrected chi connectivity index (χ2v) is 7.16. The highest BCUT2D eigenvalue weighted by atomic mass is 35.5. The molecule has 0 atom stereocenters. The molecule has 0 fully saturated rings. The molecule has 0 saturated carbocycles. The lowest BCUT2D eigenvalue weighted by Crippen LogP contribution is -2.13. The highest BCUT2D eigenvalue weighted by Crippen LogP contribution is 2.34. The Morgan fingerprint density at radius 2 is 1.96 bits per heavy atom. The molecule has 2 N–H and O–H groups in total. The number of sulfonamides is 1. The van der Waals surface area contributed by atoms with Crippen molar-refractivity contribution in [2.45, 2.75) is 4.90 Å². The molecule has 0 amide bonds. The van der Waals surface area contributed by atoms with E-state index >= 15 is 0 Å². The summed E-state index contributed by atoms with van der Waals surface area (Å²) in [6, 6.07) is 7.63. The van der Waals surface area contributed by atoms with E-state index in [1.165, 1.54) is 19.2 Å². The van der Waals surface area contributed by atoms with Crippen LogP contribution in [0.1, 0.15) is 0 Å². The second kappa shape index (κ2) is 5.92. The number of rotatable bonds is 4. The molecule has 3 aromatic rings. The maximum Gasteiger partial charge on any atom is 0.263 e. The van der Waals surface area contributed by atoms with Crippen LogP contribution in [0.25, 0.3) is 10.9 Å². The molecular formula is C14H11Cl2N3O3S. The van der Waals surface area contributed by atoms with E-state index in [0.29, 0.717) is 17.0 Å². The number of aromatic amines is 1. The van der Waals surface area contributed by atoms with Gasteiger partial charge in [-0.15, -0.1) is 0 Å². The van der Waals surface area contributed by atoms with Crippen LogP contribution in [0.3, 0.4) is 0 Å². The van der Waals surface area contributed by atoms with Crippen molar-refractivity contribution in [2.75, 3.05) is 11.8 Å². The molecule has 0 saturated heterocycles. The lowest BCUT2D eigenvalue weighted by atomic mass is 10.2. The van der Waals surface area contributed by atoms with Gasteiger partial charge in [-0.2, -0.15) is 5.10 Å². The monoisotopic (exact) mass is 371 g/mol. The molecule has 0 aliphatic heterocycles. The number of nitrogens with one attached hydrogen (secondary N) is 2. The van der Waals surface area contributed by atoms with E-state index in [9.17, 15) is 8.42 Å². The van der Waals surface area contributed by atoms with E-state index in [1.54, 1.807) is 24.4 Å². The number of nitrogens with zero attached hydrogens (tertiary/aromatic N) is 1. The lowest BCUT2D eigenvalue weighted by Gasteiger charge is -2.11. The molecule has 1 heterocycles. The van der Waals surface area contributed by atoms with Gasteiger partial charge < -0.3 is 4.74 Å². The van der Waals surface area contributed by atoms with Crippen molar-refractivity contribution in [3.63, 3.8) is 0 Å². The zero-order valence-corrected chi connectivity index (χ0v) is 14.1. The number of halogens is 2. The molecule has 1 aromatic heterocycles. The SMILES string of the molecule is COc1cc(Cl)c(S(=O)(=O)Nc2ccc3cn[nH]c3c2)cc1Cl. The summed E-state index contributed by atoms with van der Waals surface area (Å²) < 4.78 is 32.5. The maximum absolute atomic E-state index is 12.5. The third kappa shape index (κ3) is 3.08. The first-order valence-electron chi connectivity index (χ1n) is 6.40. The Hall–Kier alpha value is -1.96. The molecule has 120 valence electrons. The van der Waals surface area contributed by atoms with Gasteiger partial charge in [-0.25, -0.2) is 8.42 Å². The quantitative estimate of drug-likeness (QED) is 0.732. The van der Waals surface area contributed by atoms with Gasteiger partial charge in [0.15, 0.2) is 0 Å². The largest absolute Gasteiger partial charge is 0.495 e. The number of H-pyrrole nitrogens is 1. The van der Waals surface area contributed by atoms with Crippen LogP contribution in [0.4, 0.5) is 5.69 Å². The first-order chi connectivity index (χ1) is 10.9. The molecule has 2 aromatic carbocycles.